The third-order valence-corrected chi connectivity index (χ3v) is 8.94. The Bertz CT molecular complexity index is 1310. The second-order valence-corrected chi connectivity index (χ2v) is 11.5. The zero-order chi connectivity index (χ0) is 28.1. The minimum absolute atomic E-state index is 0.00349. The van der Waals surface area contributed by atoms with Crippen molar-refractivity contribution in [1.82, 2.24) is 25.9 Å². The number of amides is 3. The molecule has 0 radical (unpaired) electrons. The van der Waals surface area contributed by atoms with Crippen LogP contribution in [-0.4, -0.2) is 59.4 Å². The van der Waals surface area contributed by atoms with Gasteiger partial charge in [0.15, 0.2) is 5.01 Å². The first-order chi connectivity index (χ1) is 19.5. The van der Waals surface area contributed by atoms with E-state index >= 15 is 0 Å². The maximum absolute atomic E-state index is 13.6. The molecule has 1 saturated heterocycles. The molecule has 0 bridgehead atoms. The van der Waals surface area contributed by atoms with Crippen molar-refractivity contribution >= 4 is 34.1 Å². The highest BCUT2D eigenvalue weighted by Crippen LogP contribution is 2.42. The molecule has 3 aromatic rings. The van der Waals surface area contributed by atoms with Crippen molar-refractivity contribution in [2.45, 2.75) is 70.0 Å². The van der Waals surface area contributed by atoms with Gasteiger partial charge in [0, 0.05) is 12.1 Å². The topological polar surface area (TPSA) is 129 Å². The molecule has 1 aromatic carbocycles. The zero-order valence-electron chi connectivity index (χ0n) is 22.9. The van der Waals surface area contributed by atoms with Gasteiger partial charge in [-0.25, -0.2) is 9.97 Å². The van der Waals surface area contributed by atoms with Crippen LogP contribution in [0, 0.1) is 5.92 Å². The quantitative estimate of drug-likeness (QED) is 0.358. The van der Waals surface area contributed by atoms with E-state index in [1.54, 1.807) is 20.2 Å². The monoisotopic (exact) mass is 564 g/mol. The number of anilines is 1. The Morgan fingerprint density at radius 3 is 2.52 bits per heavy atom. The van der Waals surface area contributed by atoms with Crippen LogP contribution in [0.3, 0.4) is 0 Å². The molecule has 5 rings (SSSR count). The van der Waals surface area contributed by atoms with Crippen LogP contribution < -0.4 is 20.9 Å². The van der Waals surface area contributed by atoms with Gasteiger partial charge < -0.3 is 20.0 Å². The molecule has 3 N–H and O–H groups in total. The average Bonchev–Trinajstić information content (AvgIpc) is 3.76. The summed E-state index contributed by atoms with van der Waals surface area (Å²) in [7, 11) is 1.70. The number of hydrogen-bond donors (Lipinski definition) is 3. The molecule has 10 nitrogen and oxygen atoms in total. The molecule has 1 aliphatic carbocycles. The number of thiazole rings is 1. The molecule has 1 saturated carbocycles. The molecule has 11 heteroatoms. The summed E-state index contributed by atoms with van der Waals surface area (Å²) in [5.74, 6) is -0.619. The van der Waals surface area contributed by atoms with E-state index in [0.29, 0.717) is 23.9 Å². The number of hydrogen-bond acceptors (Lipinski definition) is 9. The van der Waals surface area contributed by atoms with E-state index in [9.17, 15) is 14.4 Å². The lowest BCUT2D eigenvalue weighted by Gasteiger charge is -2.31. The van der Waals surface area contributed by atoms with Crippen LogP contribution in [0.15, 0.2) is 47.2 Å². The van der Waals surface area contributed by atoms with Gasteiger partial charge in [0.2, 0.25) is 17.7 Å². The van der Waals surface area contributed by atoms with Gasteiger partial charge in [-0.1, -0.05) is 60.9 Å². The van der Waals surface area contributed by atoms with E-state index in [1.807, 2.05) is 35.2 Å². The molecule has 2 fully saturated rings. The smallest absolute Gasteiger partial charge is 0.255 e. The highest BCUT2D eigenvalue weighted by atomic mass is 32.1. The number of carbonyl (C=O) groups excluding carboxylic acids is 3. The van der Waals surface area contributed by atoms with E-state index in [2.05, 4.69) is 20.9 Å². The SMILES string of the molecule is CN[C@@H](C)C(=O)NC(C(=O)NC(=O)[C@@H]1CCCN1c1sc(-c2ncco2)nc1-c1ccccc1)C1CCCCC1. The Morgan fingerprint density at radius 2 is 1.82 bits per heavy atom. The predicted octanol–water partition coefficient (Wildman–Crippen LogP) is 3.75. The van der Waals surface area contributed by atoms with Gasteiger partial charge >= 0.3 is 0 Å². The van der Waals surface area contributed by atoms with Gasteiger partial charge in [-0.05, 0) is 45.6 Å². The summed E-state index contributed by atoms with van der Waals surface area (Å²) in [6.45, 7) is 2.40. The van der Waals surface area contributed by atoms with Gasteiger partial charge in [-0.15, -0.1) is 0 Å². The standard InChI is InChI=1S/C29H36N6O4S/c1-18(30-2)24(36)32-22(19-10-5-3-6-11-19)26(38)34-25(37)21-14-9-16-35(21)29-23(20-12-7-4-8-13-20)33-28(40-29)27-31-15-17-39-27/h4,7-8,12-13,15,17-19,21-22,30H,3,5-6,9-11,14,16H2,1-2H3,(H,32,36)(H,34,37,38)/t18-,21-,22?/m0/s1. The largest absolute Gasteiger partial charge is 0.443 e. The second kappa shape index (κ2) is 12.7. The van der Waals surface area contributed by atoms with Crippen molar-refractivity contribution in [2.24, 2.45) is 5.92 Å². The Hall–Kier alpha value is -3.57. The summed E-state index contributed by atoms with van der Waals surface area (Å²) >= 11 is 1.42. The van der Waals surface area contributed by atoms with Gasteiger partial charge in [-0.3, -0.25) is 19.7 Å². The van der Waals surface area contributed by atoms with Crippen molar-refractivity contribution in [3.63, 3.8) is 0 Å². The van der Waals surface area contributed by atoms with Crippen molar-refractivity contribution in [1.29, 1.82) is 0 Å². The van der Waals surface area contributed by atoms with Gasteiger partial charge in [0.05, 0.1) is 12.2 Å². The van der Waals surface area contributed by atoms with E-state index in [0.717, 1.165) is 54.8 Å². The highest BCUT2D eigenvalue weighted by Gasteiger charge is 2.38. The first-order valence-electron chi connectivity index (χ1n) is 14.0. The maximum atomic E-state index is 13.6. The molecule has 212 valence electrons. The Kier molecular flexibility index (Phi) is 8.91. The summed E-state index contributed by atoms with van der Waals surface area (Å²) in [5, 5.41) is 9.98. The normalized spacial score (nSPS) is 19.2. The van der Waals surface area contributed by atoms with Crippen LogP contribution in [-0.2, 0) is 14.4 Å². The number of carbonyl (C=O) groups is 3. The molecule has 3 amide bonds. The van der Waals surface area contributed by atoms with Crippen LogP contribution in [0.1, 0.15) is 51.9 Å². The number of likely N-dealkylation sites (N-methyl/N-ethyl adjacent to an activating group) is 1. The zero-order valence-corrected chi connectivity index (χ0v) is 23.7. The number of oxazole rings is 1. The molecular weight excluding hydrogens is 528 g/mol. The minimum Gasteiger partial charge on any atom is -0.443 e. The van der Waals surface area contributed by atoms with Crippen LogP contribution in [0.5, 0.6) is 0 Å². The fraction of sp³-hybridized carbons (Fsp3) is 0.483. The number of aromatic nitrogens is 2. The van der Waals surface area contributed by atoms with E-state index < -0.39 is 24.0 Å². The third-order valence-electron chi connectivity index (χ3n) is 7.86. The highest BCUT2D eigenvalue weighted by molar-refractivity contribution is 7.19. The molecule has 3 atom stereocenters. The number of nitrogens with one attached hydrogen (secondary N) is 3. The third kappa shape index (κ3) is 6.10. The van der Waals surface area contributed by atoms with Crippen molar-refractivity contribution in [3.05, 3.63) is 42.8 Å². The summed E-state index contributed by atoms with van der Waals surface area (Å²) < 4.78 is 5.51. The fourth-order valence-corrected chi connectivity index (χ4v) is 6.65. The fourth-order valence-electron chi connectivity index (χ4n) is 5.55. The van der Waals surface area contributed by atoms with E-state index in [4.69, 9.17) is 9.40 Å². The summed E-state index contributed by atoms with van der Waals surface area (Å²) in [5.41, 5.74) is 1.67. The first-order valence-corrected chi connectivity index (χ1v) is 14.8. The van der Waals surface area contributed by atoms with Gasteiger partial charge in [-0.2, -0.15) is 0 Å². The summed E-state index contributed by atoms with van der Waals surface area (Å²) in [6, 6.07) is 8.08. The number of nitrogens with zero attached hydrogens (tertiary/aromatic N) is 3. The lowest BCUT2D eigenvalue weighted by molar-refractivity contribution is -0.136. The molecule has 2 aliphatic rings. The second-order valence-electron chi connectivity index (χ2n) is 10.5. The van der Waals surface area contributed by atoms with Crippen LogP contribution in [0.4, 0.5) is 5.00 Å². The molecule has 1 unspecified atom stereocenters. The predicted molar refractivity (Wildman–Crippen MR) is 154 cm³/mol. The molecule has 1 aliphatic heterocycles. The van der Waals surface area contributed by atoms with E-state index in [-0.39, 0.29) is 17.7 Å². The van der Waals surface area contributed by atoms with E-state index in [1.165, 1.54) is 17.6 Å². The molecule has 0 spiro atoms. The minimum atomic E-state index is -0.748. The van der Waals surface area contributed by atoms with Crippen LogP contribution >= 0.6 is 11.3 Å². The Morgan fingerprint density at radius 1 is 1.05 bits per heavy atom. The summed E-state index contributed by atoms with van der Waals surface area (Å²) in [4.78, 5) is 51.0. The van der Waals surface area contributed by atoms with Gasteiger partial charge in [0.1, 0.15) is 29.0 Å². The maximum Gasteiger partial charge on any atom is 0.255 e. The first kappa shape index (κ1) is 28.0. The summed E-state index contributed by atoms with van der Waals surface area (Å²) in [6.07, 6.45) is 9.33. The molecule has 3 heterocycles. The average molecular weight is 565 g/mol. The Labute approximate surface area is 238 Å². The number of rotatable bonds is 9. The molecule has 40 heavy (non-hydrogen) atoms. The van der Waals surface area contributed by atoms with Crippen LogP contribution in [0.25, 0.3) is 22.2 Å². The lowest BCUT2D eigenvalue weighted by Crippen LogP contribution is -2.57. The molecular formula is C29H36N6O4S. The van der Waals surface area contributed by atoms with Crippen molar-refractivity contribution in [3.8, 4) is 22.2 Å². The number of benzene rings is 1. The van der Waals surface area contributed by atoms with Crippen LogP contribution in [0.2, 0.25) is 0 Å². The van der Waals surface area contributed by atoms with Gasteiger partial charge in [0.25, 0.3) is 5.89 Å². The lowest BCUT2D eigenvalue weighted by atomic mass is 9.83. The Balaban J connectivity index is 1.38. The van der Waals surface area contributed by atoms with Crippen molar-refractivity contribution < 1.29 is 18.8 Å². The number of imide groups is 1. The van der Waals surface area contributed by atoms with Crippen molar-refractivity contribution in [2.75, 3.05) is 18.5 Å². The molecule has 2 aromatic heterocycles.